The molecule has 1 aliphatic carbocycles. The maximum absolute atomic E-state index is 13.0. The number of hydrogen-bond acceptors (Lipinski definition) is 6. The standard InChI is InChI=1S/C25H33ClF3N3O5S/c1-4-32-22(18-8-7-16(14-19(18)37-2)6-5-11-25(27,28)29)20(26)21(31-32)23(33)30-15-24(34)12-9-17(10-13-24)38(3,35)36/h7-8,14,17,34H,4-6,9-13,15H2,1-3H3,(H,30,33)/t17-,24+. The van der Waals surface area contributed by atoms with Crippen molar-refractivity contribution in [2.45, 2.75) is 75.4 Å². The summed E-state index contributed by atoms with van der Waals surface area (Å²) in [6.07, 6.45) is -2.64. The Balaban J connectivity index is 1.76. The first-order chi connectivity index (χ1) is 17.7. The summed E-state index contributed by atoms with van der Waals surface area (Å²) in [5.41, 5.74) is 0.345. The number of methoxy groups -OCH3 is 1. The van der Waals surface area contributed by atoms with E-state index in [2.05, 4.69) is 10.4 Å². The molecule has 0 atom stereocenters. The van der Waals surface area contributed by atoms with Crippen molar-refractivity contribution in [2.24, 2.45) is 0 Å². The molecule has 1 amide bonds. The predicted octanol–water partition coefficient (Wildman–Crippen LogP) is 4.57. The Hall–Kier alpha value is -2.31. The summed E-state index contributed by atoms with van der Waals surface area (Å²) in [7, 11) is -1.75. The topological polar surface area (TPSA) is 111 Å². The number of nitrogens with zero attached hydrogens (tertiary/aromatic N) is 2. The van der Waals surface area contributed by atoms with Gasteiger partial charge in [0, 0.05) is 31.3 Å². The summed E-state index contributed by atoms with van der Waals surface area (Å²) >= 11 is 6.61. The van der Waals surface area contributed by atoms with E-state index in [4.69, 9.17) is 16.3 Å². The Kier molecular flexibility index (Phi) is 9.41. The van der Waals surface area contributed by atoms with Gasteiger partial charge in [0.15, 0.2) is 5.69 Å². The van der Waals surface area contributed by atoms with Crippen LogP contribution in [-0.2, 0) is 22.8 Å². The molecule has 1 fully saturated rings. The van der Waals surface area contributed by atoms with Crippen LogP contribution in [0.2, 0.25) is 5.02 Å². The molecule has 13 heteroatoms. The fourth-order valence-corrected chi connectivity index (χ4v) is 6.13. The average Bonchev–Trinajstić information content (AvgIpc) is 3.17. The van der Waals surface area contributed by atoms with Crippen molar-refractivity contribution < 1.29 is 36.2 Å². The number of alkyl halides is 3. The highest BCUT2D eigenvalue weighted by atomic mass is 35.5. The number of aromatic nitrogens is 2. The zero-order valence-corrected chi connectivity index (χ0v) is 23.1. The molecule has 1 aliphatic rings. The van der Waals surface area contributed by atoms with Crippen LogP contribution in [0, 0.1) is 0 Å². The number of nitrogens with one attached hydrogen (secondary N) is 1. The third kappa shape index (κ3) is 7.41. The number of aliphatic hydroxyl groups is 1. The molecule has 3 rings (SSSR count). The van der Waals surface area contributed by atoms with Crippen molar-refractivity contribution >= 4 is 27.3 Å². The highest BCUT2D eigenvalue weighted by Crippen LogP contribution is 2.38. The van der Waals surface area contributed by atoms with Crippen molar-refractivity contribution in [1.82, 2.24) is 15.1 Å². The monoisotopic (exact) mass is 579 g/mol. The number of carbonyl (C=O) groups is 1. The summed E-state index contributed by atoms with van der Waals surface area (Å²) < 4.78 is 68.1. The smallest absolute Gasteiger partial charge is 0.389 e. The molecule has 2 aromatic rings. The molecule has 212 valence electrons. The first-order valence-electron chi connectivity index (χ1n) is 12.4. The van der Waals surface area contributed by atoms with Crippen LogP contribution in [-0.4, -0.2) is 66.1 Å². The van der Waals surface area contributed by atoms with Crippen LogP contribution in [0.3, 0.4) is 0 Å². The van der Waals surface area contributed by atoms with Crippen LogP contribution < -0.4 is 10.1 Å². The van der Waals surface area contributed by atoms with E-state index < -0.39 is 39.2 Å². The lowest BCUT2D eigenvalue weighted by Gasteiger charge is -2.35. The number of halogens is 4. The van der Waals surface area contributed by atoms with E-state index in [-0.39, 0.29) is 42.9 Å². The average molecular weight is 580 g/mol. The number of sulfone groups is 1. The summed E-state index contributed by atoms with van der Waals surface area (Å²) in [6.45, 7) is 2.11. The van der Waals surface area contributed by atoms with Gasteiger partial charge in [-0.3, -0.25) is 9.48 Å². The maximum Gasteiger partial charge on any atom is 0.389 e. The largest absolute Gasteiger partial charge is 0.496 e. The Labute approximate surface area is 225 Å². The van der Waals surface area contributed by atoms with Gasteiger partial charge in [-0.1, -0.05) is 17.7 Å². The molecule has 1 aromatic heterocycles. The van der Waals surface area contributed by atoms with Gasteiger partial charge in [-0.2, -0.15) is 18.3 Å². The van der Waals surface area contributed by atoms with Gasteiger partial charge >= 0.3 is 6.18 Å². The van der Waals surface area contributed by atoms with Gasteiger partial charge in [0.2, 0.25) is 0 Å². The molecule has 1 saturated carbocycles. The molecular formula is C25H33ClF3N3O5S. The van der Waals surface area contributed by atoms with Crippen LogP contribution in [0.25, 0.3) is 11.3 Å². The van der Waals surface area contributed by atoms with Gasteiger partial charge in [-0.25, -0.2) is 8.42 Å². The van der Waals surface area contributed by atoms with Crippen LogP contribution in [0.1, 0.15) is 61.5 Å². The van der Waals surface area contributed by atoms with Crippen LogP contribution in [0.5, 0.6) is 5.75 Å². The summed E-state index contributed by atoms with van der Waals surface area (Å²) in [5, 5.41) is 17.4. The van der Waals surface area contributed by atoms with E-state index in [9.17, 15) is 31.5 Å². The third-order valence-electron chi connectivity index (χ3n) is 6.90. The molecule has 0 aliphatic heterocycles. The lowest BCUT2D eigenvalue weighted by Crippen LogP contribution is -2.47. The van der Waals surface area contributed by atoms with E-state index in [1.54, 1.807) is 18.2 Å². The lowest BCUT2D eigenvalue weighted by molar-refractivity contribution is -0.135. The Morgan fingerprint density at radius 3 is 2.53 bits per heavy atom. The van der Waals surface area contributed by atoms with Gasteiger partial charge in [0.1, 0.15) is 15.6 Å². The zero-order chi connectivity index (χ0) is 28.3. The van der Waals surface area contributed by atoms with Gasteiger partial charge < -0.3 is 15.2 Å². The van der Waals surface area contributed by atoms with Crippen molar-refractivity contribution in [2.75, 3.05) is 19.9 Å². The molecule has 0 unspecified atom stereocenters. The molecule has 38 heavy (non-hydrogen) atoms. The first-order valence-corrected chi connectivity index (χ1v) is 14.7. The van der Waals surface area contributed by atoms with Crippen LogP contribution >= 0.6 is 11.6 Å². The number of aryl methyl sites for hydroxylation is 2. The molecule has 0 radical (unpaired) electrons. The Morgan fingerprint density at radius 1 is 1.32 bits per heavy atom. The molecule has 0 bridgehead atoms. The second-order valence-electron chi connectivity index (χ2n) is 9.77. The number of carbonyl (C=O) groups excluding carboxylic acids is 1. The van der Waals surface area contributed by atoms with E-state index in [0.717, 1.165) is 0 Å². The van der Waals surface area contributed by atoms with Gasteiger partial charge in [0.25, 0.3) is 5.91 Å². The van der Waals surface area contributed by atoms with Crippen molar-refractivity contribution in [3.63, 3.8) is 0 Å². The maximum atomic E-state index is 13.0. The molecule has 2 N–H and O–H groups in total. The van der Waals surface area contributed by atoms with Crippen molar-refractivity contribution in [3.05, 3.63) is 34.5 Å². The first kappa shape index (κ1) is 30.2. The number of benzene rings is 1. The third-order valence-corrected chi connectivity index (χ3v) is 8.94. The minimum absolute atomic E-state index is 0.0479. The minimum atomic E-state index is -4.21. The fraction of sp³-hybridized carbons (Fsp3) is 0.600. The van der Waals surface area contributed by atoms with E-state index in [1.807, 2.05) is 6.92 Å². The predicted molar refractivity (Wildman–Crippen MR) is 138 cm³/mol. The Morgan fingerprint density at radius 2 is 1.97 bits per heavy atom. The number of rotatable bonds is 10. The molecule has 1 aromatic carbocycles. The Bertz CT molecular complexity index is 1260. The van der Waals surface area contributed by atoms with Crippen LogP contribution in [0.15, 0.2) is 18.2 Å². The normalized spacial score (nSPS) is 20.4. The molecule has 8 nitrogen and oxygen atoms in total. The summed E-state index contributed by atoms with van der Waals surface area (Å²) in [4.78, 5) is 13.0. The molecule has 0 saturated heterocycles. The van der Waals surface area contributed by atoms with Crippen molar-refractivity contribution in [3.8, 4) is 17.0 Å². The summed E-state index contributed by atoms with van der Waals surface area (Å²) in [5.74, 6) is -0.209. The van der Waals surface area contributed by atoms with E-state index in [0.29, 0.717) is 42.0 Å². The fourth-order valence-electron chi connectivity index (χ4n) is 4.71. The van der Waals surface area contributed by atoms with Crippen molar-refractivity contribution in [1.29, 1.82) is 0 Å². The highest BCUT2D eigenvalue weighted by molar-refractivity contribution is 7.91. The second kappa shape index (κ2) is 11.8. The molecule has 0 spiro atoms. The quantitative estimate of drug-likeness (QED) is 0.427. The highest BCUT2D eigenvalue weighted by Gasteiger charge is 2.37. The molecule has 1 heterocycles. The summed E-state index contributed by atoms with van der Waals surface area (Å²) in [6, 6.07) is 5.03. The van der Waals surface area contributed by atoms with Gasteiger partial charge in [0.05, 0.1) is 28.7 Å². The number of hydrogen-bond donors (Lipinski definition) is 2. The van der Waals surface area contributed by atoms with Crippen LogP contribution in [0.4, 0.5) is 13.2 Å². The SMILES string of the molecule is CCn1nc(C(=O)NC[C@]2(O)CC[C@@H](S(C)(=O)=O)CC2)c(Cl)c1-c1ccc(CCCC(F)(F)F)cc1OC. The van der Waals surface area contributed by atoms with Gasteiger partial charge in [-0.05, 0) is 63.1 Å². The zero-order valence-electron chi connectivity index (χ0n) is 21.6. The van der Waals surface area contributed by atoms with Gasteiger partial charge in [-0.15, -0.1) is 0 Å². The second-order valence-corrected chi connectivity index (χ2v) is 12.5. The lowest BCUT2D eigenvalue weighted by atomic mass is 9.84. The molecular weight excluding hydrogens is 547 g/mol. The minimum Gasteiger partial charge on any atom is -0.496 e. The number of amides is 1. The van der Waals surface area contributed by atoms with E-state index >= 15 is 0 Å². The number of ether oxygens (including phenoxy) is 1. The van der Waals surface area contributed by atoms with E-state index in [1.165, 1.54) is 18.0 Å².